The second-order valence-corrected chi connectivity index (χ2v) is 6.36. The third kappa shape index (κ3) is 1.34. The van der Waals surface area contributed by atoms with E-state index in [0.29, 0.717) is 0 Å². The molecule has 2 bridgehead atoms. The van der Waals surface area contributed by atoms with Crippen molar-refractivity contribution in [2.24, 2.45) is 5.41 Å². The molecule has 0 aliphatic heterocycles. The van der Waals surface area contributed by atoms with E-state index in [0.717, 1.165) is 0 Å². The zero-order chi connectivity index (χ0) is 19.4. The van der Waals surface area contributed by atoms with Crippen LogP contribution in [-0.2, 0) is 0 Å². The van der Waals surface area contributed by atoms with E-state index < -0.39 is 59.3 Å². The Bertz CT molecular complexity index is 568. The molecule has 3 nitrogen and oxygen atoms in total. The predicted molar refractivity (Wildman–Crippen MR) is 54.4 cm³/mol. The van der Waals surface area contributed by atoms with Crippen LogP contribution in [0.15, 0.2) is 0 Å². The first-order valence-corrected chi connectivity index (χ1v) is 6.20. The van der Waals surface area contributed by atoms with Gasteiger partial charge in [0.25, 0.3) is 11.5 Å². The molecule has 2 saturated carbocycles. The number of rotatable bonds is 1. The van der Waals surface area contributed by atoms with Crippen molar-refractivity contribution < 1.29 is 59.2 Å². The summed E-state index contributed by atoms with van der Waals surface area (Å²) < 4.78 is 138. The highest BCUT2D eigenvalue weighted by Gasteiger charge is 3.04. The highest BCUT2D eigenvalue weighted by molar-refractivity contribution is 5.37. The van der Waals surface area contributed by atoms with Crippen LogP contribution >= 0.6 is 0 Å². The Labute approximate surface area is 126 Å². The third-order valence-corrected chi connectivity index (χ3v) is 4.93. The molecule has 0 spiro atoms. The van der Waals surface area contributed by atoms with Crippen LogP contribution in [0.5, 0.6) is 0 Å². The van der Waals surface area contributed by atoms with Crippen LogP contribution in [-0.4, -0.2) is 62.7 Å². The van der Waals surface area contributed by atoms with Gasteiger partial charge in [-0.05, 0) is 0 Å². The Morgan fingerprint density at radius 2 is 1.12 bits per heavy atom. The molecule has 0 aromatic carbocycles. The van der Waals surface area contributed by atoms with Crippen molar-refractivity contribution in [3.05, 3.63) is 0 Å². The van der Waals surface area contributed by atoms with Gasteiger partial charge < -0.3 is 15.3 Å². The minimum Gasteiger partial charge on any atom is -0.378 e. The van der Waals surface area contributed by atoms with Crippen molar-refractivity contribution in [2.75, 3.05) is 6.67 Å². The monoisotopic (exact) mass is 380 g/mol. The van der Waals surface area contributed by atoms with Crippen molar-refractivity contribution >= 4 is 0 Å². The summed E-state index contributed by atoms with van der Waals surface area (Å²) in [5, 5.41) is 27.6. The molecule has 4 unspecified atom stereocenters. The second kappa shape index (κ2) is 4.11. The molecule has 0 radical (unpaired) electrons. The van der Waals surface area contributed by atoms with Gasteiger partial charge in [-0.2, -0.15) is 30.7 Å². The molecule has 0 amide bonds. The summed E-state index contributed by atoms with van der Waals surface area (Å²) >= 11 is 0. The summed E-state index contributed by atoms with van der Waals surface area (Å²) in [6, 6.07) is 0. The average Bonchev–Trinajstić information content (AvgIpc) is 2.42. The van der Waals surface area contributed by atoms with Crippen molar-refractivity contribution in [1.29, 1.82) is 0 Å². The summed E-state index contributed by atoms with van der Waals surface area (Å²) in [6.45, 7) is -2.56. The summed E-state index contributed by atoms with van der Waals surface area (Å²) in [4.78, 5) is 0. The van der Waals surface area contributed by atoms with Gasteiger partial charge in [0.2, 0.25) is 5.60 Å². The van der Waals surface area contributed by atoms with Gasteiger partial charge >= 0.3 is 23.6 Å². The number of fused-ring (bicyclic) bond motifs is 2. The van der Waals surface area contributed by atoms with Crippen LogP contribution in [0, 0.1) is 5.41 Å². The fourth-order valence-corrected chi connectivity index (χ4v) is 3.26. The number of alkyl halides is 10. The van der Waals surface area contributed by atoms with E-state index in [-0.39, 0.29) is 6.92 Å². The highest BCUT2D eigenvalue weighted by atomic mass is 19.3. The number of halogens is 10. The Kier molecular flexibility index (Phi) is 3.34. The third-order valence-electron chi connectivity index (χ3n) is 4.93. The zero-order valence-corrected chi connectivity index (χ0v) is 11.5. The van der Waals surface area contributed by atoms with Crippen molar-refractivity contribution in [1.82, 2.24) is 0 Å². The zero-order valence-electron chi connectivity index (χ0n) is 11.5. The van der Waals surface area contributed by atoms with E-state index in [9.17, 15) is 54.1 Å². The minimum absolute atomic E-state index is 0.0626. The number of hydrogen-bond acceptors (Lipinski definition) is 3. The van der Waals surface area contributed by atoms with Gasteiger partial charge in [0.1, 0.15) is 6.67 Å². The van der Waals surface area contributed by atoms with E-state index in [1.807, 2.05) is 0 Å². The molecule has 24 heavy (non-hydrogen) atoms. The lowest BCUT2D eigenvalue weighted by molar-refractivity contribution is -0.548. The fourth-order valence-electron chi connectivity index (χ4n) is 3.26. The maximum absolute atomic E-state index is 14.2. The molecule has 2 rings (SSSR count). The lowest BCUT2D eigenvalue weighted by atomic mass is 9.49. The summed E-state index contributed by atoms with van der Waals surface area (Å²) in [5.41, 5.74) is -15.6. The molecule has 2 aliphatic rings. The topological polar surface area (TPSA) is 60.7 Å². The van der Waals surface area contributed by atoms with Crippen LogP contribution in [0.4, 0.5) is 43.9 Å². The highest BCUT2D eigenvalue weighted by Crippen LogP contribution is 2.75. The molecule has 0 saturated heterocycles. The van der Waals surface area contributed by atoms with E-state index in [1.165, 1.54) is 0 Å². The van der Waals surface area contributed by atoms with E-state index in [2.05, 4.69) is 0 Å². The Balaban J connectivity index is 3.03. The predicted octanol–water partition coefficient (Wildman–Crippen LogP) is 2.04. The van der Waals surface area contributed by atoms with Gasteiger partial charge in [0.05, 0.1) is 5.41 Å². The van der Waals surface area contributed by atoms with Crippen molar-refractivity contribution in [3.63, 3.8) is 0 Å². The van der Waals surface area contributed by atoms with Crippen LogP contribution < -0.4 is 0 Å². The van der Waals surface area contributed by atoms with Gasteiger partial charge in [-0.1, -0.05) is 6.92 Å². The van der Waals surface area contributed by atoms with E-state index in [1.54, 1.807) is 0 Å². The molecule has 142 valence electrons. The van der Waals surface area contributed by atoms with Gasteiger partial charge in [-0.25, -0.2) is 8.78 Å². The first-order valence-electron chi connectivity index (χ1n) is 6.20. The van der Waals surface area contributed by atoms with Gasteiger partial charge in [0, 0.05) is 6.42 Å². The Morgan fingerprint density at radius 3 is 1.50 bits per heavy atom. The lowest BCUT2D eigenvalue weighted by Gasteiger charge is -2.66. The minimum atomic E-state index is -6.89. The SMILES string of the molecule is CC1(CF)CC2(O)C(F)(F)C(O)(F)C(F)(F)C(O)(C1(F)F)C2(F)F. The van der Waals surface area contributed by atoms with Crippen LogP contribution in [0.3, 0.4) is 0 Å². The maximum atomic E-state index is 14.2. The first kappa shape index (κ1) is 19.5. The normalized spacial score (nSPS) is 51.2. The molecule has 0 aromatic heterocycles. The molecular formula is C11H10F10O3. The largest absolute Gasteiger partial charge is 0.378 e. The van der Waals surface area contributed by atoms with E-state index >= 15 is 0 Å². The first-order chi connectivity index (χ1) is 10.3. The smallest absolute Gasteiger partial charge is 0.351 e. The second-order valence-electron chi connectivity index (χ2n) is 6.36. The number of aliphatic hydroxyl groups is 3. The standard InChI is InChI=1S/C11H10F10O3/c1-4(3-12)2-5(22)8(15,16)6(23,7(4,13)14)10(19,20)11(21,24)9(5,17)18/h22-24H,2-3H2,1H3. The Hall–Kier alpha value is -0.820. The maximum Gasteiger partial charge on any atom is 0.351 e. The molecule has 4 atom stereocenters. The van der Waals surface area contributed by atoms with Crippen LogP contribution in [0.25, 0.3) is 0 Å². The quantitative estimate of drug-likeness (QED) is 0.611. The summed E-state index contributed by atoms with van der Waals surface area (Å²) in [5.74, 6) is -32.2. The molecule has 0 aromatic rings. The molecule has 3 N–H and O–H groups in total. The van der Waals surface area contributed by atoms with Crippen molar-refractivity contribution in [2.45, 2.75) is 54.1 Å². The van der Waals surface area contributed by atoms with E-state index in [4.69, 9.17) is 5.11 Å². The van der Waals surface area contributed by atoms with Gasteiger partial charge in [-0.15, -0.1) is 0 Å². The molecule has 0 heterocycles. The van der Waals surface area contributed by atoms with Crippen LogP contribution in [0.1, 0.15) is 13.3 Å². The van der Waals surface area contributed by atoms with Gasteiger partial charge in [-0.3, -0.25) is 4.39 Å². The van der Waals surface area contributed by atoms with Crippen LogP contribution in [0.2, 0.25) is 0 Å². The summed E-state index contributed by atoms with van der Waals surface area (Å²) in [6.07, 6.45) is -2.63. The molecular weight excluding hydrogens is 370 g/mol. The van der Waals surface area contributed by atoms with Crippen molar-refractivity contribution in [3.8, 4) is 0 Å². The molecule has 2 fully saturated rings. The molecule has 2 aliphatic carbocycles. The van der Waals surface area contributed by atoms with Gasteiger partial charge in [0.15, 0.2) is 0 Å². The molecule has 13 heteroatoms. The Morgan fingerprint density at radius 1 is 0.708 bits per heavy atom. The summed E-state index contributed by atoms with van der Waals surface area (Å²) in [7, 11) is 0. The average molecular weight is 380 g/mol. The fraction of sp³-hybridized carbons (Fsp3) is 1.00. The lowest BCUT2D eigenvalue weighted by Crippen LogP contribution is -2.95. The number of hydrogen-bond donors (Lipinski definition) is 3.